The van der Waals surface area contributed by atoms with Gasteiger partial charge in [0.05, 0.1) is 38.9 Å². The second kappa shape index (κ2) is 8.93. The molecule has 0 atom stereocenters. The molecule has 12 heteroatoms. The summed E-state index contributed by atoms with van der Waals surface area (Å²) in [6.07, 6.45) is -10.5. The summed E-state index contributed by atoms with van der Waals surface area (Å²) in [5.74, 6) is -3.91. The van der Waals surface area contributed by atoms with Gasteiger partial charge in [0.15, 0.2) is 0 Å². The largest absolute Gasteiger partial charge is 0.507 e. The SMILES string of the molecule is O=c1oc2ccccc2c(O)c1C(c1cc(C(F)(F)F)cc(C(F)(F)F)c1)c1c(O)c2ccccc2oc1=O. The Balaban J connectivity index is 1.96. The average Bonchev–Trinajstić information content (AvgIpc) is 2.86. The van der Waals surface area contributed by atoms with Gasteiger partial charge in [-0.15, -0.1) is 0 Å². The Kier molecular flexibility index (Phi) is 5.93. The molecule has 0 saturated carbocycles. The number of hydrogen-bond acceptors (Lipinski definition) is 6. The molecule has 0 unspecified atom stereocenters. The number of hydrogen-bond donors (Lipinski definition) is 2. The molecule has 0 radical (unpaired) electrons. The van der Waals surface area contributed by atoms with Crippen molar-refractivity contribution in [2.45, 2.75) is 18.3 Å². The standard InChI is InChI=1S/C27H14F6O6/c28-26(29,30)13-9-12(10-14(11-13)27(31,32)33)19(20-22(34)15-5-1-3-7-17(15)38-24(20)36)21-23(35)16-6-2-4-8-18(16)39-25(21)37/h1-11,19,34-35H. The second-order valence-corrected chi connectivity index (χ2v) is 8.57. The van der Waals surface area contributed by atoms with E-state index in [0.29, 0.717) is 12.1 Å². The highest BCUT2D eigenvalue weighted by Gasteiger charge is 2.40. The average molecular weight is 548 g/mol. The minimum Gasteiger partial charge on any atom is -0.507 e. The molecule has 0 amide bonds. The molecular formula is C27H14F6O6. The number of halogens is 6. The summed E-state index contributed by atoms with van der Waals surface area (Å²) in [6, 6.07) is 11.4. The lowest BCUT2D eigenvalue weighted by Crippen LogP contribution is -2.22. The highest BCUT2D eigenvalue weighted by Crippen LogP contribution is 2.45. The van der Waals surface area contributed by atoms with Crippen LogP contribution in [0.5, 0.6) is 11.5 Å². The highest BCUT2D eigenvalue weighted by molar-refractivity contribution is 5.87. The van der Waals surface area contributed by atoms with Gasteiger partial charge in [-0.05, 0) is 48.0 Å². The van der Waals surface area contributed by atoms with Crippen LogP contribution in [0, 0.1) is 0 Å². The van der Waals surface area contributed by atoms with E-state index in [9.17, 15) is 46.1 Å². The molecule has 5 rings (SSSR count). The summed E-state index contributed by atoms with van der Waals surface area (Å²) in [6.45, 7) is 0. The molecule has 0 bridgehead atoms. The van der Waals surface area contributed by atoms with Crippen LogP contribution in [-0.4, -0.2) is 10.2 Å². The van der Waals surface area contributed by atoms with Crippen LogP contribution >= 0.6 is 0 Å². The van der Waals surface area contributed by atoms with Crippen LogP contribution in [0.4, 0.5) is 26.3 Å². The third-order valence-electron chi connectivity index (χ3n) is 6.16. The second-order valence-electron chi connectivity index (χ2n) is 8.57. The maximum atomic E-state index is 13.7. The normalized spacial score (nSPS) is 12.5. The molecule has 0 aliphatic rings. The zero-order valence-electron chi connectivity index (χ0n) is 19.2. The Bertz CT molecular complexity index is 1740. The maximum Gasteiger partial charge on any atom is 0.416 e. The maximum absolute atomic E-state index is 13.7. The van der Waals surface area contributed by atoms with Gasteiger partial charge in [-0.25, -0.2) is 9.59 Å². The van der Waals surface area contributed by atoms with Crippen molar-refractivity contribution < 1.29 is 45.4 Å². The van der Waals surface area contributed by atoms with Gasteiger partial charge >= 0.3 is 23.6 Å². The van der Waals surface area contributed by atoms with E-state index < -0.39 is 68.8 Å². The van der Waals surface area contributed by atoms with Gasteiger partial charge in [0.25, 0.3) is 0 Å². The van der Waals surface area contributed by atoms with Gasteiger partial charge in [0.1, 0.15) is 22.7 Å². The van der Waals surface area contributed by atoms with Crippen molar-refractivity contribution in [3.8, 4) is 11.5 Å². The Labute approximate surface area is 213 Å². The van der Waals surface area contributed by atoms with Crippen LogP contribution in [0.3, 0.4) is 0 Å². The fourth-order valence-corrected chi connectivity index (χ4v) is 4.43. The van der Waals surface area contributed by atoms with Crippen molar-refractivity contribution in [3.63, 3.8) is 0 Å². The molecule has 200 valence electrons. The molecule has 2 aromatic heterocycles. The molecule has 2 heterocycles. The number of aromatic hydroxyl groups is 2. The van der Waals surface area contributed by atoms with E-state index in [1.807, 2.05) is 0 Å². The Morgan fingerprint density at radius 3 is 1.38 bits per heavy atom. The summed E-state index contributed by atoms with van der Waals surface area (Å²) >= 11 is 0. The van der Waals surface area contributed by atoms with Gasteiger partial charge in [-0.1, -0.05) is 24.3 Å². The minimum atomic E-state index is -5.27. The topological polar surface area (TPSA) is 101 Å². The number of fused-ring (bicyclic) bond motifs is 2. The Morgan fingerprint density at radius 1 is 0.615 bits per heavy atom. The van der Waals surface area contributed by atoms with Crippen LogP contribution in [0.15, 0.2) is 85.2 Å². The first kappa shape index (κ1) is 25.9. The monoisotopic (exact) mass is 548 g/mol. The lowest BCUT2D eigenvalue weighted by Gasteiger charge is -2.22. The van der Waals surface area contributed by atoms with E-state index in [1.54, 1.807) is 0 Å². The quantitative estimate of drug-likeness (QED) is 0.197. The summed E-state index contributed by atoms with van der Waals surface area (Å²) in [5, 5.41) is 21.9. The Hall–Kier alpha value is -4.74. The van der Waals surface area contributed by atoms with E-state index in [-0.39, 0.29) is 28.0 Å². The van der Waals surface area contributed by atoms with Crippen LogP contribution in [0.1, 0.15) is 33.7 Å². The summed E-state index contributed by atoms with van der Waals surface area (Å²) in [4.78, 5) is 26.2. The fourth-order valence-electron chi connectivity index (χ4n) is 4.43. The molecule has 0 spiro atoms. The van der Waals surface area contributed by atoms with Gasteiger partial charge in [-0.2, -0.15) is 26.3 Å². The van der Waals surface area contributed by atoms with Crippen molar-refractivity contribution in [2.24, 2.45) is 0 Å². The van der Waals surface area contributed by atoms with Gasteiger partial charge < -0.3 is 19.0 Å². The lowest BCUT2D eigenvalue weighted by molar-refractivity contribution is -0.143. The van der Waals surface area contributed by atoms with E-state index in [1.165, 1.54) is 48.5 Å². The van der Waals surface area contributed by atoms with E-state index in [4.69, 9.17) is 8.83 Å². The lowest BCUT2D eigenvalue weighted by atomic mass is 9.83. The zero-order valence-corrected chi connectivity index (χ0v) is 19.2. The van der Waals surface area contributed by atoms with E-state index >= 15 is 0 Å². The van der Waals surface area contributed by atoms with Crippen LogP contribution < -0.4 is 11.3 Å². The number of benzene rings is 3. The van der Waals surface area contributed by atoms with Crippen molar-refractivity contribution in [3.05, 3.63) is 115 Å². The smallest absolute Gasteiger partial charge is 0.416 e. The number of para-hydroxylation sites is 2. The Morgan fingerprint density at radius 2 is 1.00 bits per heavy atom. The summed E-state index contributed by atoms with van der Waals surface area (Å²) in [7, 11) is 0. The van der Waals surface area contributed by atoms with Crippen molar-refractivity contribution in [1.82, 2.24) is 0 Å². The van der Waals surface area contributed by atoms with Crippen LogP contribution in [0.25, 0.3) is 21.9 Å². The summed E-state index contributed by atoms with van der Waals surface area (Å²) in [5.41, 5.74) is -9.14. The third-order valence-corrected chi connectivity index (χ3v) is 6.16. The molecule has 5 aromatic rings. The molecular weight excluding hydrogens is 534 g/mol. The molecule has 39 heavy (non-hydrogen) atoms. The van der Waals surface area contributed by atoms with E-state index in [2.05, 4.69) is 0 Å². The molecule has 2 N–H and O–H groups in total. The predicted molar refractivity (Wildman–Crippen MR) is 126 cm³/mol. The van der Waals surface area contributed by atoms with Crippen LogP contribution in [-0.2, 0) is 12.4 Å². The third kappa shape index (κ3) is 4.47. The molecule has 0 fully saturated rings. The van der Waals surface area contributed by atoms with Crippen molar-refractivity contribution >= 4 is 21.9 Å². The molecule has 3 aromatic carbocycles. The first-order valence-corrected chi connectivity index (χ1v) is 11.1. The van der Waals surface area contributed by atoms with Gasteiger partial charge in [-0.3, -0.25) is 0 Å². The number of alkyl halides is 6. The zero-order chi connectivity index (χ0) is 28.3. The van der Waals surface area contributed by atoms with Crippen molar-refractivity contribution in [1.29, 1.82) is 0 Å². The minimum absolute atomic E-state index is 0.121. The molecule has 6 nitrogen and oxygen atoms in total. The predicted octanol–water partition coefficient (Wildman–Crippen LogP) is 6.53. The number of rotatable bonds is 3. The molecule has 0 saturated heterocycles. The first-order chi connectivity index (χ1) is 18.3. The van der Waals surface area contributed by atoms with Crippen molar-refractivity contribution in [2.75, 3.05) is 0 Å². The van der Waals surface area contributed by atoms with E-state index in [0.717, 1.165) is 0 Å². The highest BCUT2D eigenvalue weighted by atomic mass is 19.4. The molecule has 0 aliphatic carbocycles. The first-order valence-electron chi connectivity index (χ1n) is 11.1. The van der Waals surface area contributed by atoms with Gasteiger partial charge in [0.2, 0.25) is 0 Å². The van der Waals surface area contributed by atoms with Crippen LogP contribution in [0.2, 0.25) is 0 Å². The molecule has 0 aliphatic heterocycles. The van der Waals surface area contributed by atoms with Gasteiger partial charge in [0, 0.05) is 0 Å². The summed E-state index contributed by atoms with van der Waals surface area (Å²) < 4.78 is 92.6. The fraction of sp³-hybridized carbons (Fsp3) is 0.111.